The topological polar surface area (TPSA) is 282 Å². The Hall–Kier alpha value is -10.1. The van der Waals surface area contributed by atoms with Gasteiger partial charge in [0.05, 0.1) is 52.3 Å². The predicted octanol–water partition coefficient (Wildman–Crippen LogP) is 11.3. The minimum Gasteiger partial charge on any atom is -0.492 e. The highest BCUT2D eigenvalue weighted by molar-refractivity contribution is 6.30. The second kappa shape index (κ2) is 38.3. The molecule has 0 saturated carbocycles. The van der Waals surface area contributed by atoms with Crippen molar-refractivity contribution < 1.29 is 81.4 Å². The first-order valence-corrected chi connectivity index (χ1v) is 31.5. The highest BCUT2D eigenvalue weighted by Crippen LogP contribution is 2.32. The molecule has 2 N–H and O–H groups in total. The molecule has 0 radical (unpaired) electrons. The molecule has 3 aromatic rings. The van der Waals surface area contributed by atoms with Crippen LogP contribution >= 0.6 is 0 Å². The summed E-state index contributed by atoms with van der Waals surface area (Å²) in [6.07, 6.45) is 18.1. The number of hydroxylamine groups is 2. The van der Waals surface area contributed by atoms with E-state index in [2.05, 4.69) is 22.7 Å². The van der Waals surface area contributed by atoms with E-state index < -0.39 is 5.91 Å². The van der Waals surface area contributed by atoms with Gasteiger partial charge in [-0.2, -0.15) is 0 Å². The van der Waals surface area contributed by atoms with Gasteiger partial charge in [-0.3, -0.25) is 67.2 Å². The number of ether oxygens (including phenoxy) is 3. The Kier molecular flexibility index (Phi) is 31.2. The van der Waals surface area contributed by atoms with Crippen molar-refractivity contribution in [1.29, 1.82) is 0 Å². The van der Waals surface area contributed by atoms with Crippen LogP contribution in [0, 0.1) is 0 Å². The van der Waals surface area contributed by atoms with Gasteiger partial charge >= 0.3 is 0 Å². The molecule has 0 heterocycles. The smallest absolute Gasteiger partial charge is 0.270 e. The van der Waals surface area contributed by atoms with Gasteiger partial charge in [0.15, 0.2) is 46.2 Å². The van der Waals surface area contributed by atoms with Crippen molar-refractivity contribution in [2.45, 2.75) is 119 Å². The molecule has 21 nitrogen and oxygen atoms in total. The molecule has 4 aliphatic rings. The van der Waals surface area contributed by atoms with Crippen LogP contribution in [0.25, 0.3) is 0 Å². The lowest BCUT2D eigenvalue weighted by atomic mass is 9.87. The lowest BCUT2D eigenvalue weighted by Gasteiger charge is -2.19. The zero-order chi connectivity index (χ0) is 71.5. The molecule has 0 unspecified atom stereocenters. The number of fused-ring (bicyclic) bond motifs is 3. The summed E-state index contributed by atoms with van der Waals surface area (Å²) in [5.74, 6) is -3.78. The van der Waals surface area contributed by atoms with Crippen molar-refractivity contribution >= 4 is 69.9 Å². The van der Waals surface area contributed by atoms with Gasteiger partial charge in [-0.15, -0.1) is 0 Å². The molecule has 4 aliphatic carbocycles. The molecule has 0 atom stereocenters. The van der Waals surface area contributed by atoms with Gasteiger partial charge < -0.3 is 24.0 Å². The standard InChI is InChI=1S/C21H31NO4.C19H21NO4.C18H19NO5.C17H17NO4/c1-5-6-7-8-9-10-11-12-17(21(25)22-26-4)13-18-14-19(23)15(2)16(3)20(18)24;1-5-8-12(19(23)20(2)3)11-15-16(21)13-9-6-7-10-14(13)17(22)18(15)24-4;1-4-7-11(18(22)19-24-3)10-14-15(20)12-8-5-6-9-13(12)16(21)17(14)23-2;1-10(17(21)18(2)3)9-13-14(19)11-7-5-6-8-12(11)15(20)16(13)22-4/h13-14H,5-12H2,1-4H3,(H,22,25);6-7,9-11H,5,8H2,1-4H3;5-6,8-10H,4,7H2,1-3H3,(H,19,22);5-9H,1-4H3/b17-13+;12-11+;11-10+;10-9+. The van der Waals surface area contributed by atoms with E-state index in [0.29, 0.717) is 92.5 Å². The van der Waals surface area contributed by atoms with E-state index in [0.717, 1.165) is 25.7 Å². The van der Waals surface area contributed by atoms with Crippen LogP contribution in [0.15, 0.2) is 176 Å². The summed E-state index contributed by atoms with van der Waals surface area (Å²) in [7, 11) is 13.3. The van der Waals surface area contributed by atoms with Crippen LogP contribution in [0.4, 0.5) is 0 Å². The lowest BCUT2D eigenvalue weighted by molar-refractivity contribution is -0.128. The van der Waals surface area contributed by atoms with Crippen molar-refractivity contribution in [2.24, 2.45) is 0 Å². The molecule has 3 aromatic carbocycles. The third-order valence-electron chi connectivity index (χ3n) is 15.6. The van der Waals surface area contributed by atoms with Crippen LogP contribution in [-0.4, -0.2) is 143 Å². The summed E-state index contributed by atoms with van der Waals surface area (Å²) in [4.78, 5) is 161. The molecule has 0 saturated heterocycles. The van der Waals surface area contributed by atoms with Crippen molar-refractivity contribution in [3.05, 3.63) is 210 Å². The Morgan fingerprint density at radius 1 is 0.406 bits per heavy atom. The van der Waals surface area contributed by atoms with Gasteiger partial charge in [-0.1, -0.05) is 145 Å². The minimum absolute atomic E-state index is 0.0149. The van der Waals surface area contributed by atoms with Crippen molar-refractivity contribution in [2.75, 3.05) is 63.7 Å². The monoisotopic (exact) mass is 1320 g/mol. The fraction of sp³-hybridized carbons (Fsp3) is 0.360. The van der Waals surface area contributed by atoms with E-state index in [1.54, 1.807) is 122 Å². The number of Topliss-reactive ketones (excluding diaryl/α,β-unsaturated/α-hetero) is 7. The molecule has 0 bridgehead atoms. The number of nitrogens with zero attached hydrogens (tertiary/aromatic N) is 2. The summed E-state index contributed by atoms with van der Waals surface area (Å²) in [5.41, 5.74) is 9.57. The molecule has 7 rings (SSSR count). The average Bonchev–Trinajstić information content (AvgIpc) is 0.793. The summed E-state index contributed by atoms with van der Waals surface area (Å²) in [6.45, 7) is 10.9. The highest BCUT2D eigenvalue weighted by atomic mass is 16.6. The third kappa shape index (κ3) is 20.0. The van der Waals surface area contributed by atoms with Gasteiger partial charge in [0.2, 0.25) is 29.2 Å². The van der Waals surface area contributed by atoms with Crippen LogP contribution in [-0.2, 0) is 52.7 Å². The van der Waals surface area contributed by atoms with Gasteiger partial charge in [-0.25, -0.2) is 11.0 Å². The van der Waals surface area contributed by atoms with Crippen LogP contribution in [0.5, 0.6) is 0 Å². The zero-order valence-corrected chi connectivity index (χ0v) is 57.6. The van der Waals surface area contributed by atoms with Gasteiger partial charge in [0.25, 0.3) is 11.8 Å². The Bertz CT molecular complexity index is 3840. The second-order valence-corrected chi connectivity index (χ2v) is 22.9. The quantitative estimate of drug-likeness (QED) is 0.0345. The van der Waals surface area contributed by atoms with E-state index in [-0.39, 0.29) is 104 Å². The Morgan fingerprint density at radius 2 is 0.750 bits per heavy atom. The number of allylic oxidation sites excluding steroid dienone is 14. The molecular weight excluding hydrogens is 1230 g/mol. The lowest BCUT2D eigenvalue weighted by Crippen LogP contribution is -2.26. The predicted molar refractivity (Wildman–Crippen MR) is 362 cm³/mol. The van der Waals surface area contributed by atoms with Crippen molar-refractivity contribution in [3.8, 4) is 0 Å². The first-order chi connectivity index (χ1) is 45.8. The number of ketones is 8. The molecule has 0 fully saturated rings. The molecule has 510 valence electrons. The Morgan fingerprint density at radius 3 is 1.11 bits per heavy atom. The maximum atomic E-state index is 12.8. The first kappa shape index (κ1) is 78.3. The fourth-order valence-corrected chi connectivity index (χ4v) is 10.4. The van der Waals surface area contributed by atoms with Crippen LogP contribution in [0.1, 0.15) is 181 Å². The summed E-state index contributed by atoms with van der Waals surface area (Å²) in [6, 6.07) is 19.8. The van der Waals surface area contributed by atoms with E-state index in [4.69, 9.17) is 19.0 Å². The number of benzene rings is 3. The average molecular weight is 1320 g/mol. The molecule has 0 aromatic heterocycles. The minimum atomic E-state index is -0.457. The largest absolute Gasteiger partial charge is 0.492 e. The molecule has 0 aliphatic heterocycles. The van der Waals surface area contributed by atoms with Crippen LogP contribution in [0.2, 0.25) is 0 Å². The van der Waals surface area contributed by atoms with Crippen LogP contribution < -0.4 is 11.0 Å². The number of likely N-dealkylation sites (N-methyl/N-ethyl adjacent to an activating group) is 2. The number of hydrogen-bond donors (Lipinski definition) is 2. The van der Waals surface area contributed by atoms with Gasteiger partial charge in [0.1, 0.15) is 0 Å². The number of hydrogen-bond acceptors (Lipinski definition) is 17. The normalized spacial score (nSPS) is 14.8. The van der Waals surface area contributed by atoms with Crippen molar-refractivity contribution in [3.63, 3.8) is 0 Å². The number of unbranched alkanes of at least 4 members (excludes halogenated alkanes) is 6. The zero-order valence-electron chi connectivity index (χ0n) is 57.6. The van der Waals surface area contributed by atoms with Gasteiger partial charge in [0, 0.05) is 101 Å². The molecule has 21 heteroatoms. The fourth-order valence-electron chi connectivity index (χ4n) is 10.4. The summed E-state index contributed by atoms with van der Waals surface area (Å²) in [5, 5.41) is 0. The maximum absolute atomic E-state index is 12.8. The van der Waals surface area contributed by atoms with E-state index in [1.165, 1.54) is 101 Å². The van der Waals surface area contributed by atoms with Crippen LogP contribution in [0.3, 0.4) is 0 Å². The first-order valence-electron chi connectivity index (χ1n) is 31.5. The highest BCUT2D eigenvalue weighted by Gasteiger charge is 2.36. The Balaban J connectivity index is 0.000000273. The third-order valence-corrected chi connectivity index (χ3v) is 15.6. The molecular formula is C75H88N4O17. The van der Waals surface area contributed by atoms with Gasteiger partial charge in [-0.05, 0) is 76.8 Å². The van der Waals surface area contributed by atoms with E-state index >= 15 is 0 Å². The number of nitrogens with one attached hydrogen (secondary N) is 2. The van der Waals surface area contributed by atoms with E-state index in [9.17, 15) is 57.5 Å². The summed E-state index contributed by atoms with van der Waals surface area (Å²) >= 11 is 0. The number of carbonyl (C=O) groups excluding carboxylic acids is 12. The van der Waals surface area contributed by atoms with Crippen molar-refractivity contribution in [1.82, 2.24) is 20.8 Å². The number of rotatable bonds is 25. The maximum Gasteiger partial charge on any atom is 0.270 e. The number of amides is 4. The number of methoxy groups -OCH3 is 3. The molecule has 4 amide bonds. The number of carbonyl (C=O) groups is 12. The van der Waals surface area contributed by atoms with E-state index in [1.807, 2.05) is 13.8 Å². The summed E-state index contributed by atoms with van der Waals surface area (Å²) < 4.78 is 15.5. The molecule has 0 spiro atoms. The molecule has 96 heavy (non-hydrogen) atoms. The second-order valence-electron chi connectivity index (χ2n) is 22.9. The Labute approximate surface area is 561 Å². The SMILES string of the molecule is CCC/C(=C\C1=C(OC)C(=O)c2ccccc2C1=O)C(=O)N(C)C.CCC/C(=C\C1=C(OC)C(=O)c2ccccc2C1=O)C(=O)NOC.CCCCCCCCC/C(=C\C1=CC(=O)C(C)=C(C)C1=O)C(=O)NOC.COC1=C(/C=C(\C)C(=O)N(C)C)C(=O)c2ccccc2C1=O.